The first kappa shape index (κ1) is 12.4. The van der Waals surface area contributed by atoms with Crippen molar-refractivity contribution in [1.82, 2.24) is 0 Å². The van der Waals surface area contributed by atoms with E-state index in [0.717, 1.165) is 0 Å². The van der Waals surface area contributed by atoms with E-state index in [1.54, 1.807) is 6.92 Å². The summed E-state index contributed by atoms with van der Waals surface area (Å²) in [6.07, 6.45) is 2.75. The van der Waals surface area contributed by atoms with Crippen LogP contribution in [0.3, 0.4) is 0 Å². The monoisotopic (exact) mass is 198 g/mol. The van der Waals surface area contributed by atoms with E-state index in [2.05, 4.69) is 6.58 Å². The van der Waals surface area contributed by atoms with Gasteiger partial charge in [0.2, 0.25) is 0 Å². The molecule has 0 aromatic carbocycles. The molecule has 0 saturated heterocycles. The van der Waals surface area contributed by atoms with Crippen LogP contribution in [0, 0.1) is 11.8 Å². The molecule has 2 unspecified atom stereocenters. The molecule has 4 nitrogen and oxygen atoms in total. The fourth-order valence-corrected chi connectivity index (χ4v) is 1.22. The van der Waals surface area contributed by atoms with Crippen LogP contribution in [0.4, 0.5) is 0 Å². The lowest BCUT2D eigenvalue weighted by Gasteiger charge is -2.15. The molecule has 0 aromatic rings. The zero-order valence-corrected chi connectivity index (χ0v) is 8.23. The zero-order chi connectivity index (χ0) is 11.3. The molecule has 0 saturated carbocycles. The topological polar surface area (TPSA) is 74.6 Å². The van der Waals surface area contributed by atoms with Crippen molar-refractivity contribution >= 4 is 11.9 Å². The first-order valence-electron chi connectivity index (χ1n) is 4.20. The Kier molecular flexibility index (Phi) is 4.63. The Bertz CT molecular complexity index is 278. The van der Waals surface area contributed by atoms with Gasteiger partial charge in [-0.15, -0.1) is 6.58 Å². The van der Waals surface area contributed by atoms with E-state index in [9.17, 15) is 9.59 Å². The molecule has 0 aliphatic rings. The molecule has 4 heteroatoms. The molecule has 0 rings (SSSR count). The minimum absolute atomic E-state index is 0.347. The third-order valence-electron chi connectivity index (χ3n) is 2.06. The van der Waals surface area contributed by atoms with E-state index >= 15 is 0 Å². The number of carboxylic acids is 2. The van der Waals surface area contributed by atoms with Crippen LogP contribution >= 0.6 is 0 Å². The van der Waals surface area contributed by atoms with Crippen LogP contribution in [0.1, 0.15) is 13.8 Å². The highest BCUT2D eigenvalue weighted by Crippen LogP contribution is 2.21. The van der Waals surface area contributed by atoms with Crippen molar-refractivity contribution < 1.29 is 19.8 Å². The van der Waals surface area contributed by atoms with Crippen molar-refractivity contribution in [2.75, 3.05) is 0 Å². The van der Waals surface area contributed by atoms with E-state index in [4.69, 9.17) is 10.2 Å². The molecule has 0 aliphatic carbocycles. The van der Waals surface area contributed by atoms with Gasteiger partial charge in [-0.05, 0) is 19.4 Å². The summed E-state index contributed by atoms with van der Waals surface area (Å²) in [4.78, 5) is 21.4. The second-order valence-electron chi connectivity index (χ2n) is 2.90. The van der Waals surface area contributed by atoms with Crippen molar-refractivity contribution in [1.29, 1.82) is 0 Å². The average molecular weight is 198 g/mol. The second-order valence-corrected chi connectivity index (χ2v) is 2.90. The fourth-order valence-electron chi connectivity index (χ4n) is 1.22. The summed E-state index contributed by atoms with van der Waals surface area (Å²) in [7, 11) is 0. The number of carbonyl (C=O) groups is 2. The molecule has 0 spiro atoms. The number of allylic oxidation sites excluding steroid dienone is 1. The predicted molar refractivity (Wildman–Crippen MR) is 51.9 cm³/mol. The van der Waals surface area contributed by atoms with Gasteiger partial charge in [0.05, 0.1) is 11.8 Å². The van der Waals surface area contributed by atoms with E-state index in [-0.39, 0.29) is 0 Å². The van der Waals surface area contributed by atoms with Gasteiger partial charge < -0.3 is 10.2 Å². The van der Waals surface area contributed by atoms with Gasteiger partial charge in [-0.25, -0.2) is 0 Å². The van der Waals surface area contributed by atoms with E-state index in [1.807, 2.05) is 0 Å². The molecule has 0 heterocycles. The van der Waals surface area contributed by atoms with Gasteiger partial charge >= 0.3 is 11.9 Å². The van der Waals surface area contributed by atoms with Crippen molar-refractivity contribution in [3.63, 3.8) is 0 Å². The van der Waals surface area contributed by atoms with Crippen molar-refractivity contribution in [3.8, 4) is 0 Å². The minimum atomic E-state index is -1.08. The third kappa shape index (κ3) is 2.73. The van der Waals surface area contributed by atoms with E-state index in [0.29, 0.717) is 5.57 Å². The lowest BCUT2D eigenvalue weighted by atomic mass is 9.89. The highest BCUT2D eigenvalue weighted by atomic mass is 16.4. The van der Waals surface area contributed by atoms with E-state index in [1.165, 1.54) is 19.1 Å². The van der Waals surface area contributed by atoms with Crippen LogP contribution in [0.15, 0.2) is 24.3 Å². The number of aliphatic carboxylic acids is 2. The molecular formula is C10H14O4. The normalized spacial score (nSPS) is 15.7. The number of carboxylic acid groups (broad SMARTS) is 2. The van der Waals surface area contributed by atoms with Gasteiger partial charge in [0.25, 0.3) is 0 Å². The standard InChI is InChI=1S/C10H14O4/c1-4-7(6(3)9(11)12)8(5-2)10(13)14/h4-6,8H,2H2,1,3H3,(H,11,12)(H,13,14). The molecule has 0 amide bonds. The largest absolute Gasteiger partial charge is 0.481 e. The lowest BCUT2D eigenvalue weighted by molar-refractivity contribution is -0.141. The molecule has 0 aromatic heterocycles. The average Bonchev–Trinajstić information content (AvgIpc) is 2.11. The van der Waals surface area contributed by atoms with Crippen LogP contribution in [0.2, 0.25) is 0 Å². The van der Waals surface area contributed by atoms with Crippen molar-refractivity contribution in [3.05, 3.63) is 24.3 Å². The Hall–Kier alpha value is -1.58. The summed E-state index contributed by atoms with van der Waals surface area (Å²) < 4.78 is 0. The molecule has 14 heavy (non-hydrogen) atoms. The summed E-state index contributed by atoms with van der Waals surface area (Å²) in [6, 6.07) is 0. The van der Waals surface area contributed by atoms with Gasteiger partial charge in [-0.1, -0.05) is 12.2 Å². The van der Waals surface area contributed by atoms with Gasteiger partial charge in [0.1, 0.15) is 0 Å². The number of hydrogen-bond donors (Lipinski definition) is 2. The SMILES string of the molecule is C=CC(C(=O)O)C(=CC)C(C)C(=O)O. The third-order valence-corrected chi connectivity index (χ3v) is 2.06. The first-order valence-corrected chi connectivity index (χ1v) is 4.20. The van der Waals surface area contributed by atoms with Crippen LogP contribution in [0.5, 0.6) is 0 Å². The predicted octanol–water partition coefficient (Wildman–Crippen LogP) is 1.54. The quantitative estimate of drug-likeness (QED) is 0.657. The Morgan fingerprint density at radius 1 is 1.29 bits per heavy atom. The Balaban J connectivity index is 4.98. The van der Waals surface area contributed by atoms with Crippen LogP contribution < -0.4 is 0 Å². The number of hydrogen-bond acceptors (Lipinski definition) is 2. The highest BCUT2D eigenvalue weighted by molar-refractivity contribution is 5.80. The molecule has 0 aliphatic heterocycles. The second kappa shape index (κ2) is 5.21. The summed E-state index contributed by atoms with van der Waals surface area (Å²) in [5.41, 5.74) is 0.347. The number of rotatable bonds is 5. The van der Waals surface area contributed by atoms with Crippen LogP contribution in [-0.4, -0.2) is 22.2 Å². The van der Waals surface area contributed by atoms with Crippen molar-refractivity contribution in [2.45, 2.75) is 13.8 Å². The molecule has 2 atom stereocenters. The van der Waals surface area contributed by atoms with Gasteiger partial charge in [0, 0.05) is 0 Å². The maximum atomic E-state index is 10.8. The summed E-state index contributed by atoms with van der Waals surface area (Å²) in [5.74, 6) is -3.85. The van der Waals surface area contributed by atoms with E-state index < -0.39 is 23.8 Å². The minimum Gasteiger partial charge on any atom is -0.481 e. The Morgan fingerprint density at radius 2 is 1.79 bits per heavy atom. The van der Waals surface area contributed by atoms with Gasteiger partial charge in [-0.2, -0.15) is 0 Å². The Labute approximate surface area is 82.6 Å². The fraction of sp³-hybridized carbons (Fsp3) is 0.400. The maximum Gasteiger partial charge on any atom is 0.314 e. The van der Waals surface area contributed by atoms with Gasteiger partial charge in [0.15, 0.2) is 0 Å². The molecular weight excluding hydrogens is 184 g/mol. The zero-order valence-electron chi connectivity index (χ0n) is 8.23. The summed E-state index contributed by atoms with van der Waals surface area (Å²) in [5, 5.41) is 17.5. The molecule has 78 valence electrons. The Morgan fingerprint density at radius 3 is 2.00 bits per heavy atom. The molecule has 0 fully saturated rings. The summed E-state index contributed by atoms with van der Waals surface area (Å²) in [6.45, 7) is 6.45. The highest BCUT2D eigenvalue weighted by Gasteiger charge is 2.26. The molecule has 0 radical (unpaired) electrons. The summed E-state index contributed by atoms with van der Waals surface area (Å²) >= 11 is 0. The maximum absolute atomic E-state index is 10.8. The molecule has 0 bridgehead atoms. The van der Waals surface area contributed by atoms with Gasteiger partial charge in [-0.3, -0.25) is 9.59 Å². The van der Waals surface area contributed by atoms with Crippen molar-refractivity contribution in [2.24, 2.45) is 11.8 Å². The first-order chi connectivity index (χ1) is 6.45. The van der Waals surface area contributed by atoms with Crippen LogP contribution in [0.25, 0.3) is 0 Å². The van der Waals surface area contributed by atoms with Crippen LogP contribution in [-0.2, 0) is 9.59 Å². The smallest absolute Gasteiger partial charge is 0.314 e. The lowest BCUT2D eigenvalue weighted by Crippen LogP contribution is -2.22. The molecule has 2 N–H and O–H groups in total.